The molecule has 0 heterocycles. The van der Waals surface area contributed by atoms with Gasteiger partial charge in [-0.3, -0.25) is 0 Å². The van der Waals surface area contributed by atoms with Crippen molar-refractivity contribution in [1.82, 2.24) is 0 Å². The molecular formula is C20H23F. The second-order valence-electron chi connectivity index (χ2n) is 6.14. The maximum Gasteiger partial charge on any atom is 0.123 e. The molecule has 110 valence electrons. The average molecular weight is 282 g/mol. The van der Waals surface area contributed by atoms with E-state index in [1.807, 2.05) is 12.1 Å². The highest BCUT2D eigenvalue weighted by molar-refractivity contribution is 5.83. The van der Waals surface area contributed by atoms with Crippen molar-refractivity contribution >= 4 is 5.57 Å². The van der Waals surface area contributed by atoms with Gasteiger partial charge < -0.3 is 0 Å². The number of allylic oxidation sites excluding steroid dienone is 1. The second-order valence-corrected chi connectivity index (χ2v) is 6.14. The van der Waals surface area contributed by atoms with Crippen LogP contribution in [-0.4, -0.2) is 0 Å². The molecule has 0 saturated carbocycles. The molecule has 0 nitrogen and oxygen atoms in total. The summed E-state index contributed by atoms with van der Waals surface area (Å²) >= 11 is 0. The van der Waals surface area contributed by atoms with E-state index in [1.54, 1.807) is 0 Å². The van der Waals surface area contributed by atoms with E-state index in [9.17, 15) is 4.39 Å². The smallest absolute Gasteiger partial charge is 0.123 e. The molecule has 0 aromatic heterocycles. The number of benzene rings is 2. The highest BCUT2D eigenvalue weighted by Crippen LogP contribution is 2.30. The Balaban J connectivity index is 2.55. The molecule has 2 aromatic rings. The third-order valence-corrected chi connectivity index (χ3v) is 3.55. The summed E-state index contributed by atoms with van der Waals surface area (Å²) in [7, 11) is 0. The maximum atomic E-state index is 13.2. The minimum absolute atomic E-state index is 0.192. The van der Waals surface area contributed by atoms with E-state index in [1.165, 1.54) is 34.4 Å². The van der Waals surface area contributed by atoms with Gasteiger partial charge in [-0.25, -0.2) is 4.39 Å². The van der Waals surface area contributed by atoms with Crippen molar-refractivity contribution in [1.29, 1.82) is 0 Å². The summed E-state index contributed by atoms with van der Waals surface area (Å²) in [6, 6.07) is 15.3. The number of halogens is 1. The highest BCUT2D eigenvalue weighted by atomic mass is 19.1. The predicted octanol–water partition coefficient (Wildman–Crippen LogP) is 5.87. The summed E-state index contributed by atoms with van der Waals surface area (Å²) in [6.45, 7) is 8.70. The van der Waals surface area contributed by atoms with E-state index in [4.69, 9.17) is 0 Å². The van der Waals surface area contributed by atoms with E-state index in [-0.39, 0.29) is 5.82 Å². The van der Waals surface area contributed by atoms with Crippen molar-refractivity contribution in [3.8, 4) is 0 Å². The average Bonchev–Trinajstić information content (AvgIpc) is 2.42. The molecule has 2 aromatic carbocycles. The second kappa shape index (κ2) is 6.71. The summed E-state index contributed by atoms with van der Waals surface area (Å²) in [5, 5.41) is 0. The molecule has 0 spiro atoms. The topological polar surface area (TPSA) is 0 Å². The first-order valence-electron chi connectivity index (χ1n) is 7.50. The lowest BCUT2D eigenvalue weighted by atomic mass is 9.88. The Labute approximate surface area is 127 Å². The van der Waals surface area contributed by atoms with Crippen LogP contribution < -0.4 is 0 Å². The Kier molecular flexibility index (Phi) is 4.95. The molecule has 0 radical (unpaired) electrons. The summed E-state index contributed by atoms with van der Waals surface area (Å²) in [5.74, 6) is 0.417. The Morgan fingerprint density at radius 3 is 2.14 bits per heavy atom. The van der Waals surface area contributed by atoms with Crippen molar-refractivity contribution in [2.24, 2.45) is 5.92 Å². The van der Waals surface area contributed by atoms with Crippen LogP contribution in [0.2, 0.25) is 0 Å². The van der Waals surface area contributed by atoms with Gasteiger partial charge in [0.15, 0.2) is 0 Å². The maximum absolute atomic E-state index is 13.2. The zero-order chi connectivity index (χ0) is 15.4. The van der Waals surface area contributed by atoms with E-state index < -0.39 is 0 Å². The van der Waals surface area contributed by atoms with Crippen molar-refractivity contribution in [2.45, 2.75) is 34.1 Å². The first-order chi connectivity index (χ1) is 9.99. The normalized spacial score (nSPS) is 10.8. The first kappa shape index (κ1) is 15.5. The Morgan fingerprint density at radius 2 is 1.57 bits per heavy atom. The lowest BCUT2D eigenvalue weighted by Gasteiger charge is -2.17. The number of hydrogen-bond acceptors (Lipinski definition) is 0. The summed E-state index contributed by atoms with van der Waals surface area (Å²) in [4.78, 5) is 0. The van der Waals surface area contributed by atoms with Crippen LogP contribution in [0.1, 0.15) is 44.4 Å². The van der Waals surface area contributed by atoms with Crippen molar-refractivity contribution in [2.75, 3.05) is 0 Å². The van der Waals surface area contributed by atoms with Gasteiger partial charge in [0.25, 0.3) is 0 Å². The molecule has 0 N–H and O–H groups in total. The SMILES string of the molecule is CC(C)=C(c1ccc(F)cc1)c1ccccc1CC(C)C. The van der Waals surface area contributed by atoms with Gasteiger partial charge in [-0.05, 0) is 60.6 Å². The molecule has 0 aliphatic rings. The van der Waals surface area contributed by atoms with Crippen LogP contribution in [0.4, 0.5) is 4.39 Å². The van der Waals surface area contributed by atoms with E-state index in [0.717, 1.165) is 12.0 Å². The van der Waals surface area contributed by atoms with Gasteiger partial charge in [-0.1, -0.05) is 55.8 Å². The zero-order valence-electron chi connectivity index (χ0n) is 13.3. The number of rotatable bonds is 4. The Hall–Kier alpha value is -1.89. The minimum Gasteiger partial charge on any atom is -0.207 e. The fourth-order valence-corrected chi connectivity index (χ4v) is 2.71. The van der Waals surface area contributed by atoms with Crippen LogP contribution in [0.3, 0.4) is 0 Å². The van der Waals surface area contributed by atoms with Crippen LogP contribution in [-0.2, 0) is 6.42 Å². The molecule has 21 heavy (non-hydrogen) atoms. The fraction of sp³-hybridized carbons (Fsp3) is 0.300. The van der Waals surface area contributed by atoms with E-state index >= 15 is 0 Å². The summed E-state index contributed by atoms with van der Waals surface area (Å²) in [6.07, 6.45) is 1.05. The van der Waals surface area contributed by atoms with Gasteiger partial charge in [-0.2, -0.15) is 0 Å². The van der Waals surface area contributed by atoms with Gasteiger partial charge in [0.1, 0.15) is 5.82 Å². The van der Waals surface area contributed by atoms with Crippen molar-refractivity contribution < 1.29 is 4.39 Å². The minimum atomic E-state index is -0.192. The van der Waals surface area contributed by atoms with E-state index in [0.29, 0.717) is 5.92 Å². The quantitative estimate of drug-likeness (QED) is 0.658. The van der Waals surface area contributed by atoms with E-state index in [2.05, 4.69) is 52.0 Å². The summed E-state index contributed by atoms with van der Waals surface area (Å²) < 4.78 is 13.2. The van der Waals surface area contributed by atoms with Crippen LogP contribution in [0, 0.1) is 11.7 Å². The Morgan fingerprint density at radius 1 is 0.952 bits per heavy atom. The van der Waals surface area contributed by atoms with Crippen LogP contribution in [0.15, 0.2) is 54.1 Å². The summed E-state index contributed by atoms with van der Waals surface area (Å²) in [5.41, 5.74) is 6.16. The van der Waals surface area contributed by atoms with Gasteiger partial charge in [-0.15, -0.1) is 0 Å². The number of hydrogen-bond donors (Lipinski definition) is 0. The molecule has 0 bridgehead atoms. The van der Waals surface area contributed by atoms with Gasteiger partial charge >= 0.3 is 0 Å². The Bertz CT molecular complexity index is 629. The lowest BCUT2D eigenvalue weighted by molar-refractivity contribution is 0.627. The molecular weight excluding hydrogens is 259 g/mol. The third-order valence-electron chi connectivity index (χ3n) is 3.55. The molecule has 0 aliphatic heterocycles. The van der Waals surface area contributed by atoms with Crippen molar-refractivity contribution in [3.63, 3.8) is 0 Å². The zero-order valence-corrected chi connectivity index (χ0v) is 13.3. The first-order valence-corrected chi connectivity index (χ1v) is 7.50. The van der Waals surface area contributed by atoms with Gasteiger partial charge in [0, 0.05) is 0 Å². The molecule has 0 atom stereocenters. The van der Waals surface area contributed by atoms with Crippen LogP contribution >= 0.6 is 0 Å². The lowest BCUT2D eigenvalue weighted by Crippen LogP contribution is -2.01. The monoisotopic (exact) mass is 282 g/mol. The third kappa shape index (κ3) is 3.81. The molecule has 0 amide bonds. The molecule has 2 rings (SSSR count). The fourth-order valence-electron chi connectivity index (χ4n) is 2.71. The standard InChI is InChI=1S/C20H23F/c1-14(2)13-17-7-5-6-8-19(17)20(15(3)4)16-9-11-18(21)12-10-16/h5-12,14H,13H2,1-4H3. The van der Waals surface area contributed by atoms with Gasteiger partial charge in [0.05, 0.1) is 0 Å². The molecule has 0 fully saturated rings. The predicted molar refractivity (Wildman–Crippen MR) is 88.8 cm³/mol. The molecule has 0 saturated heterocycles. The largest absolute Gasteiger partial charge is 0.207 e. The molecule has 0 aliphatic carbocycles. The van der Waals surface area contributed by atoms with Crippen molar-refractivity contribution in [3.05, 3.63) is 76.6 Å². The molecule has 0 unspecified atom stereocenters. The molecule has 1 heteroatoms. The highest BCUT2D eigenvalue weighted by Gasteiger charge is 2.12. The van der Waals surface area contributed by atoms with Gasteiger partial charge in [0.2, 0.25) is 0 Å². The van der Waals surface area contributed by atoms with Crippen LogP contribution in [0.5, 0.6) is 0 Å². The van der Waals surface area contributed by atoms with Crippen LogP contribution in [0.25, 0.3) is 5.57 Å².